The van der Waals surface area contributed by atoms with Crippen LogP contribution in [0.3, 0.4) is 0 Å². The van der Waals surface area contributed by atoms with Crippen LogP contribution in [0, 0.1) is 11.3 Å². The van der Waals surface area contributed by atoms with Gasteiger partial charge in [0.15, 0.2) is 0 Å². The normalized spacial score (nSPS) is 33.7. The van der Waals surface area contributed by atoms with Crippen LogP contribution in [0.2, 0.25) is 0 Å². The predicted molar refractivity (Wildman–Crippen MR) is 41.3 cm³/mol. The van der Waals surface area contributed by atoms with Gasteiger partial charge in [0, 0.05) is 17.9 Å². The largest absolute Gasteiger partial charge is 0.381 e. The van der Waals surface area contributed by atoms with Crippen molar-refractivity contribution in [3.05, 3.63) is 0 Å². The molecule has 2 aliphatic rings. The molecule has 1 aliphatic heterocycles. The predicted octanol–water partition coefficient (Wildman–Crippen LogP) is 1.39. The maximum atomic E-state index is 11.6. The zero-order valence-electron chi connectivity index (χ0n) is 6.93. The summed E-state index contributed by atoms with van der Waals surface area (Å²) >= 11 is 0. The van der Waals surface area contributed by atoms with Crippen LogP contribution in [0.25, 0.3) is 0 Å². The second kappa shape index (κ2) is 2.31. The van der Waals surface area contributed by atoms with E-state index in [0.717, 1.165) is 25.9 Å². The van der Waals surface area contributed by atoms with Crippen molar-refractivity contribution >= 4 is 5.78 Å². The van der Waals surface area contributed by atoms with Crippen molar-refractivity contribution in [1.29, 1.82) is 0 Å². The van der Waals surface area contributed by atoms with Crippen LogP contribution in [-0.2, 0) is 9.53 Å². The Labute approximate surface area is 66.9 Å². The highest BCUT2D eigenvalue weighted by Gasteiger charge is 2.47. The van der Waals surface area contributed by atoms with E-state index in [1.807, 2.05) is 0 Å². The van der Waals surface area contributed by atoms with Crippen LogP contribution < -0.4 is 0 Å². The topological polar surface area (TPSA) is 26.3 Å². The van der Waals surface area contributed by atoms with Crippen molar-refractivity contribution in [2.45, 2.75) is 26.2 Å². The minimum absolute atomic E-state index is 0.0539. The van der Waals surface area contributed by atoms with Crippen LogP contribution in [-0.4, -0.2) is 19.0 Å². The molecular formula is C9H14O2. The molecule has 0 bridgehead atoms. The van der Waals surface area contributed by atoms with Gasteiger partial charge >= 0.3 is 0 Å². The molecule has 0 aromatic heterocycles. The van der Waals surface area contributed by atoms with E-state index in [1.54, 1.807) is 0 Å². The zero-order valence-corrected chi connectivity index (χ0v) is 6.93. The van der Waals surface area contributed by atoms with Gasteiger partial charge in [-0.15, -0.1) is 0 Å². The third-order valence-electron chi connectivity index (χ3n) is 2.90. The zero-order chi connectivity index (χ0) is 7.90. The number of ether oxygens (including phenoxy) is 1. The van der Waals surface area contributed by atoms with Crippen LogP contribution in [0.15, 0.2) is 0 Å². The summed E-state index contributed by atoms with van der Waals surface area (Å²) in [7, 11) is 0. The van der Waals surface area contributed by atoms with E-state index in [9.17, 15) is 4.79 Å². The van der Waals surface area contributed by atoms with E-state index in [0.29, 0.717) is 12.4 Å². The van der Waals surface area contributed by atoms with E-state index in [2.05, 4.69) is 6.92 Å². The first kappa shape index (κ1) is 7.29. The number of hydrogen-bond donors (Lipinski definition) is 0. The van der Waals surface area contributed by atoms with Gasteiger partial charge in [-0.25, -0.2) is 0 Å². The van der Waals surface area contributed by atoms with Crippen molar-refractivity contribution in [2.24, 2.45) is 11.3 Å². The molecule has 0 aromatic carbocycles. The molecule has 0 spiro atoms. The monoisotopic (exact) mass is 154 g/mol. The molecule has 0 radical (unpaired) electrons. The highest BCUT2D eigenvalue weighted by Crippen LogP contribution is 2.48. The third kappa shape index (κ3) is 1.20. The highest BCUT2D eigenvalue weighted by atomic mass is 16.5. The van der Waals surface area contributed by atoms with Crippen LogP contribution in [0.1, 0.15) is 26.2 Å². The van der Waals surface area contributed by atoms with Gasteiger partial charge in [-0.2, -0.15) is 0 Å². The molecule has 0 aromatic rings. The summed E-state index contributed by atoms with van der Waals surface area (Å²) in [5, 5.41) is 0. The first-order chi connectivity index (χ1) is 5.22. The van der Waals surface area contributed by atoms with Crippen LogP contribution >= 0.6 is 0 Å². The summed E-state index contributed by atoms with van der Waals surface area (Å²) in [5.41, 5.74) is 0.0539. The lowest BCUT2D eigenvalue weighted by Crippen LogP contribution is -2.22. The Hall–Kier alpha value is -0.370. The number of hydrogen-bond acceptors (Lipinski definition) is 2. The Morgan fingerprint density at radius 2 is 2.27 bits per heavy atom. The molecule has 1 unspecified atom stereocenters. The number of carbonyl (C=O) groups excluding carboxylic acids is 1. The van der Waals surface area contributed by atoms with Gasteiger partial charge in [0.2, 0.25) is 0 Å². The molecule has 1 saturated heterocycles. The van der Waals surface area contributed by atoms with Gasteiger partial charge in [0.05, 0.1) is 6.61 Å². The minimum Gasteiger partial charge on any atom is -0.381 e. The lowest BCUT2D eigenvalue weighted by molar-refractivity contribution is -0.127. The first-order valence-corrected chi connectivity index (χ1v) is 4.34. The summed E-state index contributed by atoms with van der Waals surface area (Å²) < 4.78 is 5.18. The van der Waals surface area contributed by atoms with E-state index in [-0.39, 0.29) is 11.3 Å². The maximum Gasteiger partial charge on any atom is 0.144 e. The lowest BCUT2D eigenvalue weighted by atomic mass is 9.91. The van der Waals surface area contributed by atoms with Crippen molar-refractivity contribution in [3.63, 3.8) is 0 Å². The van der Waals surface area contributed by atoms with Crippen molar-refractivity contribution in [1.82, 2.24) is 0 Å². The standard InChI is InChI=1S/C9H14O2/c1-9(3-4-9)8(10)7-2-5-11-6-7/h7H,2-6H2,1H3. The first-order valence-electron chi connectivity index (χ1n) is 4.34. The van der Waals surface area contributed by atoms with Crippen LogP contribution in [0.5, 0.6) is 0 Å². The number of ketones is 1. The molecule has 2 rings (SSSR count). The summed E-state index contributed by atoms with van der Waals surface area (Å²) in [6.45, 7) is 3.54. The Kier molecular flexibility index (Phi) is 1.53. The number of rotatable bonds is 2. The Bertz CT molecular complexity index is 176. The fraction of sp³-hybridized carbons (Fsp3) is 0.889. The summed E-state index contributed by atoms with van der Waals surface area (Å²) in [6, 6.07) is 0. The SMILES string of the molecule is CC1(C(=O)C2CCOC2)CC1. The molecule has 1 atom stereocenters. The smallest absolute Gasteiger partial charge is 0.144 e. The van der Waals surface area contributed by atoms with Gasteiger partial charge in [-0.05, 0) is 19.3 Å². The molecule has 62 valence electrons. The van der Waals surface area contributed by atoms with E-state index >= 15 is 0 Å². The lowest BCUT2D eigenvalue weighted by Gasteiger charge is -2.11. The fourth-order valence-corrected chi connectivity index (χ4v) is 1.67. The van der Waals surface area contributed by atoms with Gasteiger partial charge < -0.3 is 4.74 Å². The van der Waals surface area contributed by atoms with Gasteiger partial charge in [-0.1, -0.05) is 6.92 Å². The summed E-state index contributed by atoms with van der Waals surface area (Å²) in [6.07, 6.45) is 3.15. The average molecular weight is 154 g/mol. The Morgan fingerprint density at radius 1 is 1.55 bits per heavy atom. The highest BCUT2D eigenvalue weighted by molar-refractivity contribution is 5.89. The summed E-state index contributed by atoms with van der Waals surface area (Å²) in [5.74, 6) is 0.678. The fourth-order valence-electron chi connectivity index (χ4n) is 1.67. The quantitative estimate of drug-likeness (QED) is 0.600. The summed E-state index contributed by atoms with van der Waals surface area (Å²) in [4.78, 5) is 11.6. The molecule has 0 N–H and O–H groups in total. The van der Waals surface area contributed by atoms with Crippen LogP contribution in [0.4, 0.5) is 0 Å². The second-order valence-electron chi connectivity index (χ2n) is 3.99. The Balaban J connectivity index is 1.98. The van der Waals surface area contributed by atoms with E-state index in [1.165, 1.54) is 0 Å². The molecule has 1 heterocycles. The van der Waals surface area contributed by atoms with E-state index < -0.39 is 0 Å². The Morgan fingerprint density at radius 3 is 2.73 bits per heavy atom. The van der Waals surface area contributed by atoms with Gasteiger partial charge in [-0.3, -0.25) is 4.79 Å². The molecule has 11 heavy (non-hydrogen) atoms. The molecule has 0 amide bonds. The molecule has 1 saturated carbocycles. The van der Waals surface area contributed by atoms with Gasteiger partial charge in [0.25, 0.3) is 0 Å². The van der Waals surface area contributed by atoms with E-state index in [4.69, 9.17) is 4.74 Å². The average Bonchev–Trinajstić information content (AvgIpc) is 2.54. The van der Waals surface area contributed by atoms with Crippen molar-refractivity contribution in [2.75, 3.05) is 13.2 Å². The molecular weight excluding hydrogens is 140 g/mol. The number of Topliss-reactive ketones (excluding diaryl/α,β-unsaturated/α-hetero) is 1. The van der Waals surface area contributed by atoms with Crippen molar-refractivity contribution in [3.8, 4) is 0 Å². The minimum atomic E-state index is 0.0539. The molecule has 2 heteroatoms. The number of carbonyl (C=O) groups is 1. The molecule has 1 aliphatic carbocycles. The third-order valence-corrected chi connectivity index (χ3v) is 2.90. The molecule has 2 nitrogen and oxygen atoms in total. The molecule has 2 fully saturated rings. The van der Waals surface area contributed by atoms with Crippen molar-refractivity contribution < 1.29 is 9.53 Å². The maximum absolute atomic E-state index is 11.6. The second-order valence-corrected chi connectivity index (χ2v) is 3.99. The van der Waals surface area contributed by atoms with Gasteiger partial charge in [0.1, 0.15) is 5.78 Å².